The highest BCUT2D eigenvalue weighted by molar-refractivity contribution is 6.13. The first-order valence-corrected chi connectivity index (χ1v) is 8.65. The topological polar surface area (TPSA) is 59.6 Å². The van der Waals surface area contributed by atoms with Gasteiger partial charge in [0.25, 0.3) is 5.91 Å². The third-order valence-corrected chi connectivity index (χ3v) is 3.82. The number of benzene rings is 2. The van der Waals surface area contributed by atoms with Gasteiger partial charge in [-0.25, -0.2) is 4.84 Å². The second-order valence-corrected chi connectivity index (χ2v) is 5.74. The molecule has 0 saturated heterocycles. The molecule has 0 atom stereocenters. The highest BCUT2D eigenvalue weighted by atomic mass is 35.5. The Hall–Kier alpha value is -2.24. The molecule has 2 aromatic rings. The van der Waals surface area contributed by atoms with Gasteiger partial charge in [0, 0.05) is 19.2 Å². The molecule has 0 saturated carbocycles. The van der Waals surface area contributed by atoms with E-state index in [1.165, 1.54) is 7.11 Å². The molecule has 2 aromatic carbocycles. The maximum absolute atomic E-state index is 12.3. The van der Waals surface area contributed by atoms with Crippen LogP contribution in [0, 0.1) is 0 Å². The molecule has 0 radical (unpaired) electrons. The number of nitrogens with one attached hydrogen (secondary N) is 2. The average Bonchev–Trinajstić information content (AvgIpc) is 2.65. The molecule has 0 heterocycles. The van der Waals surface area contributed by atoms with Gasteiger partial charge >= 0.3 is 0 Å². The third kappa shape index (κ3) is 6.29. The monoisotopic (exact) mass is 362 g/mol. The molecule has 2 rings (SSSR count). The molecule has 0 fully saturated rings. The number of unbranched alkanes of at least 4 members (excludes halogenated alkanes) is 2. The molecule has 0 aliphatic rings. The summed E-state index contributed by atoms with van der Waals surface area (Å²) in [6.45, 7) is 1.39. The second kappa shape index (κ2) is 10.6. The third-order valence-electron chi connectivity index (χ3n) is 3.63. The molecule has 25 heavy (non-hydrogen) atoms. The fourth-order valence-corrected chi connectivity index (χ4v) is 2.47. The summed E-state index contributed by atoms with van der Waals surface area (Å²) in [4.78, 5) is 14.9. The van der Waals surface area contributed by atoms with Crippen LogP contribution in [-0.2, 0) is 0 Å². The van der Waals surface area contributed by atoms with Crippen LogP contribution in [0.4, 0.5) is 0 Å². The van der Waals surface area contributed by atoms with Crippen molar-refractivity contribution in [3.63, 3.8) is 0 Å². The van der Waals surface area contributed by atoms with Crippen LogP contribution in [-0.4, -0.2) is 26.1 Å². The molecular formula is C19H23ClN2O3. The number of para-hydroxylation sites is 1. The molecule has 0 aliphatic carbocycles. The second-order valence-electron chi connectivity index (χ2n) is 5.48. The van der Waals surface area contributed by atoms with Crippen molar-refractivity contribution in [2.75, 3.05) is 20.2 Å². The number of methoxy groups -OCH3 is 1. The highest BCUT2D eigenvalue weighted by Gasteiger charge is 2.13. The Balaban J connectivity index is 1.93. The van der Waals surface area contributed by atoms with Gasteiger partial charge in [0.05, 0.1) is 12.7 Å². The molecule has 134 valence electrons. The first kappa shape index (κ1) is 19.1. The van der Waals surface area contributed by atoms with Crippen molar-refractivity contribution in [1.29, 1.82) is 0 Å². The van der Waals surface area contributed by atoms with E-state index in [4.69, 9.17) is 21.3 Å². The van der Waals surface area contributed by atoms with Gasteiger partial charge in [-0.3, -0.25) is 4.79 Å². The fourth-order valence-electron chi connectivity index (χ4n) is 2.34. The smallest absolute Gasteiger partial charge is 0.255 e. The maximum Gasteiger partial charge on any atom is 0.255 e. The van der Waals surface area contributed by atoms with Crippen LogP contribution in [0.5, 0.6) is 17.2 Å². The van der Waals surface area contributed by atoms with Crippen molar-refractivity contribution in [1.82, 2.24) is 10.2 Å². The minimum Gasteiger partial charge on any atom is -0.496 e. The summed E-state index contributed by atoms with van der Waals surface area (Å²) in [7, 11) is 1.54. The summed E-state index contributed by atoms with van der Waals surface area (Å²) < 4.78 is 11.1. The Kier molecular flexibility index (Phi) is 8.09. The van der Waals surface area contributed by atoms with Gasteiger partial charge in [0.15, 0.2) is 0 Å². The number of halogens is 1. The standard InChI is InChI=1S/C19H23ClN2O3/c1-24-18-14-16(25-15-8-4-2-5-9-15)10-11-17(18)19(23)21-12-6-3-7-13-22-20/h2,4-5,8-11,14,22H,3,6-7,12-13H2,1H3,(H,21,23). The van der Waals surface area contributed by atoms with Crippen LogP contribution >= 0.6 is 11.8 Å². The van der Waals surface area contributed by atoms with Gasteiger partial charge in [-0.1, -0.05) is 24.6 Å². The molecule has 0 aliphatic heterocycles. The largest absolute Gasteiger partial charge is 0.496 e. The molecule has 2 N–H and O–H groups in total. The minimum absolute atomic E-state index is 0.154. The lowest BCUT2D eigenvalue weighted by Crippen LogP contribution is -2.25. The van der Waals surface area contributed by atoms with Crippen molar-refractivity contribution in [2.24, 2.45) is 0 Å². The predicted molar refractivity (Wildman–Crippen MR) is 99.5 cm³/mol. The summed E-state index contributed by atoms with van der Waals surface area (Å²) in [5.74, 6) is 1.68. The van der Waals surface area contributed by atoms with Gasteiger partial charge in [-0.2, -0.15) is 0 Å². The number of hydrogen-bond donors (Lipinski definition) is 2. The normalized spacial score (nSPS) is 10.3. The zero-order chi connectivity index (χ0) is 17.9. The zero-order valence-corrected chi connectivity index (χ0v) is 15.0. The summed E-state index contributed by atoms with van der Waals surface area (Å²) in [5.41, 5.74) is 0.491. The molecule has 1 amide bonds. The van der Waals surface area contributed by atoms with Crippen LogP contribution in [0.15, 0.2) is 48.5 Å². The predicted octanol–water partition coefficient (Wildman–Crippen LogP) is 4.13. The van der Waals surface area contributed by atoms with Crippen LogP contribution in [0.3, 0.4) is 0 Å². The average molecular weight is 363 g/mol. The van der Waals surface area contributed by atoms with E-state index < -0.39 is 0 Å². The van der Waals surface area contributed by atoms with E-state index in [1.807, 2.05) is 30.3 Å². The number of carbonyl (C=O) groups excluding carboxylic acids is 1. The molecule has 0 aromatic heterocycles. The molecule has 6 heteroatoms. The number of hydrogen-bond acceptors (Lipinski definition) is 4. The number of ether oxygens (including phenoxy) is 2. The van der Waals surface area contributed by atoms with E-state index in [2.05, 4.69) is 10.2 Å². The lowest BCUT2D eigenvalue weighted by Gasteiger charge is -2.12. The van der Waals surface area contributed by atoms with Crippen LogP contribution in [0.1, 0.15) is 29.6 Å². The van der Waals surface area contributed by atoms with Crippen molar-refractivity contribution in [3.8, 4) is 17.2 Å². The minimum atomic E-state index is -0.154. The van der Waals surface area contributed by atoms with Crippen molar-refractivity contribution in [3.05, 3.63) is 54.1 Å². The van der Waals surface area contributed by atoms with Crippen molar-refractivity contribution < 1.29 is 14.3 Å². The Morgan fingerprint density at radius 3 is 2.48 bits per heavy atom. The van der Waals surface area contributed by atoms with Gasteiger partial charge in [-0.05, 0) is 48.9 Å². The first-order valence-electron chi connectivity index (χ1n) is 8.27. The van der Waals surface area contributed by atoms with E-state index in [9.17, 15) is 4.79 Å². The maximum atomic E-state index is 12.3. The van der Waals surface area contributed by atoms with Gasteiger partial charge < -0.3 is 14.8 Å². The van der Waals surface area contributed by atoms with Crippen LogP contribution in [0.2, 0.25) is 0 Å². The lowest BCUT2D eigenvalue weighted by molar-refractivity contribution is 0.0950. The molecule has 5 nitrogen and oxygen atoms in total. The van der Waals surface area contributed by atoms with Gasteiger partial charge in [0.1, 0.15) is 17.2 Å². The fraction of sp³-hybridized carbons (Fsp3) is 0.316. The zero-order valence-electron chi connectivity index (χ0n) is 14.3. The van der Waals surface area contributed by atoms with Gasteiger partial charge in [-0.15, -0.1) is 0 Å². The summed E-state index contributed by atoms with van der Waals surface area (Å²) in [5, 5.41) is 2.91. The quantitative estimate of drug-likeness (QED) is 0.493. The van der Waals surface area contributed by atoms with E-state index in [1.54, 1.807) is 18.2 Å². The van der Waals surface area contributed by atoms with E-state index in [-0.39, 0.29) is 5.91 Å². The van der Waals surface area contributed by atoms with E-state index in [0.29, 0.717) is 23.6 Å². The van der Waals surface area contributed by atoms with Crippen LogP contribution < -0.4 is 19.6 Å². The Bertz CT molecular complexity index is 665. The number of rotatable bonds is 10. The summed E-state index contributed by atoms with van der Waals surface area (Å²) in [6.07, 6.45) is 2.89. The van der Waals surface area contributed by atoms with Crippen molar-refractivity contribution >= 4 is 17.7 Å². The Morgan fingerprint density at radius 2 is 1.76 bits per heavy atom. The SMILES string of the molecule is COc1cc(Oc2ccccc2)ccc1C(=O)NCCCCCNCl. The molecule has 0 unspecified atom stereocenters. The van der Waals surface area contributed by atoms with Gasteiger partial charge in [0.2, 0.25) is 0 Å². The summed E-state index contributed by atoms with van der Waals surface area (Å²) in [6, 6.07) is 14.6. The summed E-state index contributed by atoms with van der Waals surface area (Å²) >= 11 is 5.40. The number of carbonyl (C=O) groups is 1. The first-order chi connectivity index (χ1) is 12.2. The van der Waals surface area contributed by atoms with Crippen LogP contribution in [0.25, 0.3) is 0 Å². The molecule has 0 bridgehead atoms. The van der Waals surface area contributed by atoms with Crippen molar-refractivity contribution in [2.45, 2.75) is 19.3 Å². The lowest BCUT2D eigenvalue weighted by atomic mass is 10.1. The Morgan fingerprint density at radius 1 is 1.00 bits per heavy atom. The molecular weight excluding hydrogens is 340 g/mol. The van der Waals surface area contributed by atoms with E-state index in [0.717, 1.165) is 31.6 Å². The molecule has 0 spiro atoms. The highest BCUT2D eigenvalue weighted by Crippen LogP contribution is 2.28. The van der Waals surface area contributed by atoms with E-state index >= 15 is 0 Å². The Labute approximate surface area is 153 Å². The number of amides is 1.